The van der Waals surface area contributed by atoms with E-state index < -0.39 is 6.16 Å². The summed E-state index contributed by atoms with van der Waals surface area (Å²) in [4.78, 5) is 10.7. The molecule has 0 saturated heterocycles. The highest BCUT2D eigenvalue weighted by molar-refractivity contribution is 5.59. The van der Waals surface area contributed by atoms with E-state index in [9.17, 15) is 4.79 Å². The molecule has 0 heterocycles. The molecule has 0 spiro atoms. The van der Waals surface area contributed by atoms with Gasteiger partial charge in [-0.3, -0.25) is 0 Å². The van der Waals surface area contributed by atoms with Crippen LogP contribution in [0.3, 0.4) is 0 Å². The van der Waals surface area contributed by atoms with Gasteiger partial charge in [0.05, 0.1) is 13.2 Å². The molecule has 0 aromatic carbocycles. The van der Waals surface area contributed by atoms with Crippen LogP contribution in [0.1, 0.15) is 25.7 Å². The summed E-state index contributed by atoms with van der Waals surface area (Å²) in [5.74, 6) is 0.558. The maximum Gasteiger partial charge on any atom is 0.508 e. The summed E-state index contributed by atoms with van der Waals surface area (Å²) in [7, 11) is 0. The van der Waals surface area contributed by atoms with E-state index in [2.05, 4.69) is 11.7 Å². The number of carbonyl (C=O) groups excluding carboxylic acids is 1. The number of hydrogen-bond donors (Lipinski definition) is 0. The minimum absolute atomic E-state index is 0.142. The number of hydrogen-bond acceptors (Lipinski definition) is 3. The van der Waals surface area contributed by atoms with Crippen molar-refractivity contribution in [3.8, 4) is 0 Å². The van der Waals surface area contributed by atoms with Crippen molar-refractivity contribution in [2.45, 2.75) is 25.7 Å². The van der Waals surface area contributed by atoms with Crippen molar-refractivity contribution in [2.24, 2.45) is 5.92 Å². The Kier molecular flexibility index (Phi) is 3.91. The monoisotopic (exact) mass is 171 g/mol. The van der Waals surface area contributed by atoms with E-state index in [1.165, 1.54) is 25.7 Å². The summed E-state index contributed by atoms with van der Waals surface area (Å²) in [5.41, 5.74) is 0. The zero-order chi connectivity index (χ0) is 8.81. The van der Waals surface area contributed by atoms with E-state index in [0.717, 1.165) is 0 Å². The van der Waals surface area contributed by atoms with Crippen LogP contribution < -0.4 is 0 Å². The van der Waals surface area contributed by atoms with Gasteiger partial charge in [0.1, 0.15) is 0 Å². The number of rotatable bonds is 3. The molecular weight excluding hydrogens is 156 g/mol. The molecular formula is C9H15O3. The Bertz CT molecular complexity index is 139. The Hall–Kier alpha value is -0.730. The van der Waals surface area contributed by atoms with Crippen molar-refractivity contribution in [3.63, 3.8) is 0 Å². The smallest absolute Gasteiger partial charge is 0.434 e. The van der Waals surface area contributed by atoms with Crippen LogP contribution in [-0.4, -0.2) is 19.4 Å². The van der Waals surface area contributed by atoms with E-state index >= 15 is 0 Å². The normalized spacial score (nSPS) is 17.8. The molecule has 1 aliphatic carbocycles. The first kappa shape index (κ1) is 9.36. The topological polar surface area (TPSA) is 35.5 Å². The highest BCUT2D eigenvalue weighted by Gasteiger charge is 2.16. The average Bonchev–Trinajstić information content (AvgIpc) is 2.53. The molecule has 69 valence electrons. The molecule has 1 aliphatic rings. The molecule has 0 aliphatic heterocycles. The fraction of sp³-hybridized carbons (Fsp3) is 0.778. The van der Waals surface area contributed by atoms with E-state index in [0.29, 0.717) is 12.5 Å². The van der Waals surface area contributed by atoms with Crippen molar-refractivity contribution >= 4 is 6.16 Å². The lowest BCUT2D eigenvalue weighted by Crippen LogP contribution is -2.12. The molecule has 0 N–H and O–H groups in total. The molecule has 0 unspecified atom stereocenters. The van der Waals surface area contributed by atoms with Gasteiger partial charge < -0.3 is 9.47 Å². The second-order valence-corrected chi connectivity index (χ2v) is 3.06. The van der Waals surface area contributed by atoms with Crippen LogP contribution in [0.4, 0.5) is 4.79 Å². The van der Waals surface area contributed by atoms with Gasteiger partial charge in [0.2, 0.25) is 0 Å². The van der Waals surface area contributed by atoms with Crippen LogP contribution in [0, 0.1) is 12.8 Å². The minimum Gasteiger partial charge on any atom is -0.434 e. The molecule has 0 atom stereocenters. The Morgan fingerprint density at radius 2 is 2.00 bits per heavy atom. The SMILES string of the molecule is [CH2]COC(=O)OCC1CCCC1. The average molecular weight is 171 g/mol. The third kappa shape index (κ3) is 3.11. The van der Waals surface area contributed by atoms with Crippen molar-refractivity contribution in [2.75, 3.05) is 13.2 Å². The van der Waals surface area contributed by atoms with Crippen molar-refractivity contribution in [3.05, 3.63) is 6.92 Å². The second-order valence-electron chi connectivity index (χ2n) is 3.06. The highest BCUT2D eigenvalue weighted by Crippen LogP contribution is 2.24. The van der Waals surface area contributed by atoms with Gasteiger partial charge in [0.25, 0.3) is 0 Å². The molecule has 0 aromatic heterocycles. The third-order valence-corrected chi connectivity index (χ3v) is 2.13. The van der Waals surface area contributed by atoms with Crippen molar-refractivity contribution < 1.29 is 14.3 Å². The highest BCUT2D eigenvalue weighted by atomic mass is 16.7. The standard InChI is InChI=1S/C9H15O3/c1-2-11-9(10)12-7-8-5-3-4-6-8/h8H,1-7H2. The predicted molar refractivity (Wildman–Crippen MR) is 44.6 cm³/mol. The van der Waals surface area contributed by atoms with Gasteiger partial charge >= 0.3 is 6.16 Å². The fourth-order valence-corrected chi connectivity index (χ4v) is 1.49. The Morgan fingerprint density at radius 1 is 1.33 bits per heavy atom. The first-order chi connectivity index (χ1) is 5.83. The van der Waals surface area contributed by atoms with Gasteiger partial charge in [-0.05, 0) is 25.7 Å². The van der Waals surface area contributed by atoms with Gasteiger partial charge in [-0.2, -0.15) is 0 Å². The van der Waals surface area contributed by atoms with Gasteiger partial charge in [0.15, 0.2) is 0 Å². The second kappa shape index (κ2) is 5.01. The van der Waals surface area contributed by atoms with E-state index in [4.69, 9.17) is 4.74 Å². The Labute approximate surface area is 73.0 Å². The van der Waals surface area contributed by atoms with Crippen LogP contribution >= 0.6 is 0 Å². The molecule has 3 nitrogen and oxygen atoms in total. The summed E-state index contributed by atoms with van der Waals surface area (Å²) in [6.07, 6.45) is 4.29. The molecule has 0 aromatic rings. The van der Waals surface area contributed by atoms with Crippen LogP contribution in [0.25, 0.3) is 0 Å². The first-order valence-corrected chi connectivity index (χ1v) is 4.41. The van der Waals surface area contributed by atoms with E-state index in [-0.39, 0.29) is 6.61 Å². The van der Waals surface area contributed by atoms with Gasteiger partial charge in [-0.15, -0.1) is 0 Å². The van der Waals surface area contributed by atoms with Crippen LogP contribution in [0.15, 0.2) is 0 Å². The fourth-order valence-electron chi connectivity index (χ4n) is 1.49. The lowest BCUT2D eigenvalue weighted by molar-refractivity contribution is 0.0517. The number of ether oxygens (including phenoxy) is 2. The largest absolute Gasteiger partial charge is 0.508 e. The molecule has 1 radical (unpaired) electrons. The zero-order valence-corrected chi connectivity index (χ0v) is 7.25. The summed E-state index contributed by atoms with van der Waals surface area (Å²) in [6, 6.07) is 0. The minimum atomic E-state index is -0.586. The van der Waals surface area contributed by atoms with E-state index in [1.807, 2.05) is 0 Å². The third-order valence-electron chi connectivity index (χ3n) is 2.13. The van der Waals surface area contributed by atoms with Crippen molar-refractivity contribution in [1.82, 2.24) is 0 Å². The van der Waals surface area contributed by atoms with Gasteiger partial charge in [-0.1, -0.05) is 12.8 Å². The quantitative estimate of drug-likeness (QED) is 0.610. The van der Waals surface area contributed by atoms with Crippen LogP contribution in [-0.2, 0) is 9.47 Å². The molecule has 12 heavy (non-hydrogen) atoms. The lowest BCUT2D eigenvalue weighted by Gasteiger charge is -2.08. The Balaban J connectivity index is 2.03. The Morgan fingerprint density at radius 3 is 2.58 bits per heavy atom. The summed E-state index contributed by atoms with van der Waals surface area (Å²) < 4.78 is 9.39. The maximum absolute atomic E-state index is 10.7. The molecule has 1 fully saturated rings. The maximum atomic E-state index is 10.7. The molecule has 1 saturated carbocycles. The molecule has 0 bridgehead atoms. The van der Waals surface area contributed by atoms with Crippen LogP contribution in [0.5, 0.6) is 0 Å². The van der Waals surface area contributed by atoms with Gasteiger partial charge in [-0.25, -0.2) is 4.79 Å². The molecule has 1 rings (SSSR count). The summed E-state index contributed by atoms with van der Waals surface area (Å²) >= 11 is 0. The van der Waals surface area contributed by atoms with Crippen LogP contribution in [0.2, 0.25) is 0 Å². The molecule has 3 heteroatoms. The molecule has 0 amide bonds. The number of carbonyl (C=O) groups is 1. The zero-order valence-electron chi connectivity index (χ0n) is 7.25. The lowest BCUT2D eigenvalue weighted by atomic mass is 10.1. The first-order valence-electron chi connectivity index (χ1n) is 4.41. The van der Waals surface area contributed by atoms with Crippen molar-refractivity contribution in [1.29, 1.82) is 0 Å². The summed E-state index contributed by atoms with van der Waals surface area (Å²) in [5, 5.41) is 0. The van der Waals surface area contributed by atoms with Gasteiger partial charge in [0, 0.05) is 0 Å². The van der Waals surface area contributed by atoms with E-state index in [1.54, 1.807) is 0 Å². The predicted octanol–water partition coefficient (Wildman–Crippen LogP) is 2.16. The summed E-state index contributed by atoms with van der Waals surface area (Å²) in [6.45, 7) is 4.04.